The summed E-state index contributed by atoms with van der Waals surface area (Å²) in [5.41, 5.74) is 0.758. The van der Waals surface area contributed by atoms with E-state index in [1.165, 1.54) is 12.8 Å². The lowest BCUT2D eigenvalue weighted by Crippen LogP contribution is -2.32. The number of aliphatic imine (C=N–C) groups is 1. The highest BCUT2D eigenvalue weighted by atomic mass is 79.9. The molecular weight excluding hydrogens is 384 g/mol. The highest BCUT2D eigenvalue weighted by molar-refractivity contribution is 9.10. The van der Waals surface area contributed by atoms with Gasteiger partial charge in [-0.1, -0.05) is 6.92 Å². The first-order valence-corrected chi connectivity index (χ1v) is 9.67. The van der Waals surface area contributed by atoms with Crippen LogP contribution in [0.3, 0.4) is 0 Å². The van der Waals surface area contributed by atoms with Gasteiger partial charge >= 0.3 is 0 Å². The topological polar surface area (TPSA) is 43.3 Å². The van der Waals surface area contributed by atoms with E-state index in [1.807, 2.05) is 26.0 Å². The van der Waals surface area contributed by atoms with E-state index in [1.54, 1.807) is 14.2 Å². The first kappa shape index (κ1) is 20.0. The van der Waals surface area contributed by atoms with Gasteiger partial charge in [0.05, 0.1) is 31.3 Å². The van der Waals surface area contributed by atoms with E-state index in [0.717, 1.165) is 23.1 Å². The van der Waals surface area contributed by atoms with Gasteiger partial charge in [0.25, 0.3) is 0 Å². The molecule has 5 nitrogen and oxygen atoms in total. The second-order valence-electron chi connectivity index (χ2n) is 6.39. The van der Waals surface area contributed by atoms with Crippen LogP contribution in [0.4, 0.5) is 0 Å². The molecule has 0 amide bonds. The number of halogens is 1. The van der Waals surface area contributed by atoms with Gasteiger partial charge in [0.15, 0.2) is 0 Å². The maximum absolute atomic E-state index is 6.06. The van der Waals surface area contributed by atoms with Gasteiger partial charge in [-0.3, -0.25) is 4.90 Å². The van der Waals surface area contributed by atoms with Gasteiger partial charge in [0.2, 0.25) is 5.90 Å². The number of nitrogens with zero attached hydrogens (tertiary/aromatic N) is 2. The second kappa shape index (κ2) is 9.43. The fourth-order valence-electron chi connectivity index (χ4n) is 3.22. The van der Waals surface area contributed by atoms with Crippen molar-refractivity contribution < 1.29 is 14.2 Å². The Labute approximate surface area is 159 Å². The molecule has 1 aromatic rings. The van der Waals surface area contributed by atoms with Crippen LogP contribution in [0.1, 0.15) is 39.2 Å². The van der Waals surface area contributed by atoms with E-state index in [9.17, 15) is 0 Å². The van der Waals surface area contributed by atoms with Crippen LogP contribution in [0.25, 0.3) is 0 Å². The van der Waals surface area contributed by atoms with Crippen LogP contribution in [0.5, 0.6) is 11.5 Å². The summed E-state index contributed by atoms with van der Waals surface area (Å²) >= 11 is 3.54. The largest absolute Gasteiger partial charge is 0.496 e. The molecule has 0 spiro atoms. The van der Waals surface area contributed by atoms with Crippen molar-refractivity contribution in [2.75, 3.05) is 33.9 Å². The highest BCUT2D eigenvalue weighted by Crippen LogP contribution is 2.36. The van der Waals surface area contributed by atoms with Gasteiger partial charge in [-0.15, -0.1) is 0 Å². The molecule has 0 bridgehead atoms. The average molecular weight is 413 g/mol. The fraction of sp³-hybridized carbons (Fsp3) is 0.632. The molecule has 1 aromatic carbocycles. The number of rotatable bonds is 7. The molecule has 1 aliphatic heterocycles. The van der Waals surface area contributed by atoms with E-state index in [0.29, 0.717) is 30.0 Å². The van der Waals surface area contributed by atoms with E-state index >= 15 is 0 Å². The fourth-order valence-corrected chi connectivity index (χ4v) is 3.71. The maximum Gasteiger partial charge on any atom is 0.224 e. The number of likely N-dealkylation sites (tertiary alicyclic amines) is 1. The number of ether oxygens (including phenoxy) is 3. The summed E-state index contributed by atoms with van der Waals surface area (Å²) in [6, 6.07) is 4.28. The molecule has 140 valence electrons. The van der Waals surface area contributed by atoms with Crippen molar-refractivity contribution in [3.8, 4) is 11.5 Å². The highest BCUT2D eigenvalue weighted by Gasteiger charge is 2.25. The predicted octanol–water partition coefficient (Wildman–Crippen LogP) is 4.12. The zero-order chi connectivity index (χ0) is 18.4. The lowest BCUT2D eigenvalue weighted by atomic mass is 10.1. The minimum atomic E-state index is 0.0120. The number of methoxy groups -OCH3 is 2. The molecule has 1 saturated heterocycles. The summed E-state index contributed by atoms with van der Waals surface area (Å²) in [7, 11) is 3.29. The Bertz CT molecular complexity index is 605. The molecule has 2 rings (SSSR count). The van der Waals surface area contributed by atoms with Crippen molar-refractivity contribution in [2.24, 2.45) is 4.99 Å². The molecule has 0 N–H and O–H groups in total. The summed E-state index contributed by atoms with van der Waals surface area (Å²) < 4.78 is 18.0. The van der Waals surface area contributed by atoms with Crippen molar-refractivity contribution >= 4 is 21.8 Å². The molecule has 0 aromatic heterocycles. The van der Waals surface area contributed by atoms with E-state index in [-0.39, 0.29) is 6.10 Å². The molecule has 0 saturated carbocycles. The molecule has 6 heteroatoms. The standard InChI is InChI=1S/C19H29BrN2O3/c1-6-22-11-7-8-14(22)12-21-19(25-13(2)3)17-16(23-4)10-9-15(20)18(17)24-5/h9-10,13-14H,6-8,11-12H2,1-5H3/b21-19-. The van der Waals surface area contributed by atoms with Gasteiger partial charge < -0.3 is 14.2 Å². The molecule has 0 aliphatic carbocycles. The van der Waals surface area contributed by atoms with E-state index in [4.69, 9.17) is 19.2 Å². The first-order valence-electron chi connectivity index (χ1n) is 8.87. The lowest BCUT2D eigenvalue weighted by molar-refractivity contribution is 0.223. The van der Waals surface area contributed by atoms with Gasteiger partial charge in [-0.25, -0.2) is 4.99 Å². The van der Waals surface area contributed by atoms with Crippen LogP contribution in [0, 0.1) is 0 Å². The van der Waals surface area contributed by atoms with Crippen LogP contribution in [0.2, 0.25) is 0 Å². The van der Waals surface area contributed by atoms with Gasteiger partial charge in [-0.05, 0) is 67.8 Å². The number of benzene rings is 1. The number of hydrogen-bond donors (Lipinski definition) is 0. The van der Waals surface area contributed by atoms with Crippen molar-refractivity contribution in [1.82, 2.24) is 4.90 Å². The van der Waals surface area contributed by atoms with Crippen molar-refractivity contribution in [3.63, 3.8) is 0 Å². The Morgan fingerprint density at radius 1 is 1.32 bits per heavy atom. The predicted molar refractivity (Wildman–Crippen MR) is 105 cm³/mol. The molecular formula is C19H29BrN2O3. The average Bonchev–Trinajstić information content (AvgIpc) is 3.05. The Morgan fingerprint density at radius 3 is 2.68 bits per heavy atom. The molecule has 25 heavy (non-hydrogen) atoms. The van der Waals surface area contributed by atoms with Crippen LogP contribution in [-0.4, -0.2) is 56.8 Å². The van der Waals surface area contributed by atoms with Crippen LogP contribution in [0.15, 0.2) is 21.6 Å². The van der Waals surface area contributed by atoms with Gasteiger partial charge in [0, 0.05) is 6.04 Å². The smallest absolute Gasteiger partial charge is 0.224 e. The minimum Gasteiger partial charge on any atom is -0.496 e. The normalized spacial score (nSPS) is 18.7. The SMILES string of the molecule is CCN1CCCC1C/N=C(\OC(C)C)c1c(OC)ccc(Br)c1OC. The first-order chi connectivity index (χ1) is 12.0. The summed E-state index contributed by atoms with van der Waals surface area (Å²) in [5.74, 6) is 1.95. The third-order valence-corrected chi connectivity index (χ3v) is 5.03. The summed E-state index contributed by atoms with van der Waals surface area (Å²) in [4.78, 5) is 7.32. The van der Waals surface area contributed by atoms with Crippen LogP contribution < -0.4 is 9.47 Å². The molecule has 1 atom stereocenters. The minimum absolute atomic E-state index is 0.0120. The third-order valence-electron chi connectivity index (χ3n) is 4.41. The van der Waals surface area contributed by atoms with Gasteiger partial charge in [-0.2, -0.15) is 0 Å². The number of hydrogen-bond acceptors (Lipinski definition) is 5. The number of likely N-dealkylation sites (N-methyl/N-ethyl adjacent to an activating group) is 1. The maximum atomic E-state index is 6.06. The molecule has 1 heterocycles. The second-order valence-corrected chi connectivity index (χ2v) is 7.25. The Hall–Kier alpha value is -1.27. The zero-order valence-corrected chi connectivity index (χ0v) is 17.4. The Kier molecular flexibility index (Phi) is 7.56. The van der Waals surface area contributed by atoms with Crippen molar-refractivity contribution in [1.29, 1.82) is 0 Å². The zero-order valence-electron chi connectivity index (χ0n) is 15.8. The Balaban J connectivity index is 2.40. The van der Waals surface area contributed by atoms with Gasteiger partial charge in [0.1, 0.15) is 17.1 Å². The van der Waals surface area contributed by atoms with E-state index in [2.05, 4.69) is 27.8 Å². The summed E-state index contributed by atoms with van der Waals surface area (Å²) in [6.45, 7) is 9.13. The summed E-state index contributed by atoms with van der Waals surface area (Å²) in [5, 5.41) is 0. The quantitative estimate of drug-likeness (QED) is 0.498. The Morgan fingerprint density at radius 2 is 2.08 bits per heavy atom. The van der Waals surface area contributed by atoms with E-state index < -0.39 is 0 Å². The monoisotopic (exact) mass is 412 g/mol. The van der Waals surface area contributed by atoms with Crippen LogP contribution in [-0.2, 0) is 4.74 Å². The molecule has 1 unspecified atom stereocenters. The summed E-state index contributed by atoms with van der Waals surface area (Å²) in [6.07, 6.45) is 2.43. The molecule has 1 aliphatic rings. The third kappa shape index (κ3) is 4.88. The van der Waals surface area contributed by atoms with Crippen LogP contribution >= 0.6 is 15.9 Å². The van der Waals surface area contributed by atoms with Crippen molar-refractivity contribution in [3.05, 3.63) is 22.2 Å². The molecule has 0 radical (unpaired) electrons. The van der Waals surface area contributed by atoms with Crippen molar-refractivity contribution in [2.45, 2.75) is 45.8 Å². The molecule has 1 fully saturated rings. The lowest BCUT2D eigenvalue weighted by Gasteiger charge is -2.22.